The Bertz CT molecular complexity index is 1210. The minimum atomic E-state index is -2.43. The van der Waals surface area contributed by atoms with Crippen molar-refractivity contribution in [1.82, 2.24) is 0 Å². The van der Waals surface area contributed by atoms with Crippen LogP contribution in [0.5, 0.6) is 0 Å². The molecule has 3 aromatic carbocycles. The van der Waals surface area contributed by atoms with Gasteiger partial charge in [0.2, 0.25) is 0 Å². The predicted octanol–water partition coefficient (Wildman–Crippen LogP) is 1.03. The fourth-order valence-electron chi connectivity index (χ4n) is 4.68. The molecule has 1 aliphatic heterocycles. The van der Waals surface area contributed by atoms with E-state index in [-0.39, 0.29) is 24.8 Å². The van der Waals surface area contributed by atoms with Crippen LogP contribution in [0.2, 0.25) is 0 Å². The molecule has 30 heavy (non-hydrogen) atoms. The van der Waals surface area contributed by atoms with Crippen molar-refractivity contribution in [2.75, 3.05) is 0 Å². The third-order valence-electron chi connectivity index (χ3n) is 5.82. The van der Waals surface area contributed by atoms with Gasteiger partial charge in [0.25, 0.3) is 0 Å². The van der Waals surface area contributed by atoms with Crippen molar-refractivity contribution in [3.05, 3.63) is 100.0 Å². The standard InChI is InChI=1S/C13H9.C11H6BrS.2ClH.S.Zr/c1-3-7-12-10(5-1)9-11-6-2-4-8-13(11)12;12-11-6-9-8-4-2-1-3-7(8)5-10(9)13-11;;;;/h1-9H;1-3,5-6,11H;2*1H;;/q;;;;;+2/p-2. The molecule has 0 nitrogen and oxygen atoms in total. The third-order valence-corrected chi connectivity index (χ3v) is 15.4. The molecule has 0 saturated carbocycles. The molecule has 1 heterocycles. The Morgan fingerprint density at radius 3 is 2.13 bits per heavy atom. The monoisotopic (exact) mass is 606 g/mol. The van der Waals surface area contributed by atoms with Crippen molar-refractivity contribution in [2.45, 2.75) is 7.79 Å². The molecule has 1 atom stereocenters. The van der Waals surface area contributed by atoms with Crippen molar-refractivity contribution in [3.63, 3.8) is 0 Å². The van der Waals surface area contributed by atoms with Crippen molar-refractivity contribution in [2.24, 2.45) is 0 Å². The Hall–Kier alpha value is -0.347. The summed E-state index contributed by atoms with van der Waals surface area (Å²) < 4.78 is 2.26. The third kappa shape index (κ3) is 3.43. The average molecular weight is 610 g/mol. The van der Waals surface area contributed by atoms with Gasteiger partial charge in [-0.3, -0.25) is 0 Å². The zero-order valence-corrected chi connectivity index (χ0v) is 22.8. The summed E-state index contributed by atoms with van der Waals surface area (Å²) >= 11 is 3.22. The first-order valence-electron chi connectivity index (χ1n) is 9.33. The van der Waals surface area contributed by atoms with Crippen LogP contribution in [-0.2, 0) is 19.7 Å². The molecular weight excluding hydrogens is 594 g/mol. The fourth-order valence-corrected chi connectivity index (χ4v) is 14.3. The van der Waals surface area contributed by atoms with E-state index in [9.17, 15) is 0 Å². The number of rotatable bonds is 2. The predicted molar refractivity (Wildman–Crippen MR) is 124 cm³/mol. The molecule has 2 aliphatic carbocycles. The summed E-state index contributed by atoms with van der Waals surface area (Å²) in [5, 5.41) is 0. The van der Waals surface area contributed by atoms with Crippen molar-refractivity contribution in [3.8, 4) is 11.1 Å². The topological polar surface area (TPSA) is 0 Å². The Morgan fingerprint density at radius 2 is 1.47 bits per heavy atom. The number of halogens is 3. The van der Waals surface area contributed by atoms with E-state index in [1.165, 1.54) is 47.1 Å². The van der Waals surface area contributed by atoms with Gasteiger partial charge in [0.15, 0.2) is 0 Å². The van der Waals surface area contributed by atoms with E-state index in [4.69, 9.17) is 8.86 Å². The molecule has 3 aliphatic rings. The van der Waals surface area contributed by atoms with Crippen LogP contribution in [0.4, 0.5) is 0 Å². The van der Waals surface area contributed by atoms with Crippen LogP contribution < -0.4 is 28.1 Å². The van der Waals surface area contributed by atoms with Crippen LogP contribution in [-0.4, -0.2) is 4.16 Å². The maximum absolute atomic E-state index is 6.47. The molecule has 0 fully saturated rings. The summed E-state index contributed by atoms with van der Waals surface area (Å²) in [5.41, 5.74) is 9.85. The molecule has 0 spiro atoms. The number of alkyl halides is 1. The number of hydrogen-bond donors (Lipinski definition) is 0. The van der Waals surface area contributed by atoms with Crippen molar-refractivity contribution >= 4 is 51.5 Å². The number of fused-ring (bicyclic) bond motifs is 6. The second kappa shape index (κ2) is 8.89. The summed E-state index contributed by atoms with van der Waals surface area (Å²) in [6, 6.07) is 24.6. The summed E-state index contributed by atoms with van der Waals surface area (Å²) in [7, 11) is 6.47. The van der Waals surface area contributed by atoms with Gasteiger partial charge >= 0.3 is 190 Å². The quantitative estimate of drug-likeness (QED) is 0.399. The Labute approximate surface area is 212 Å². The molecule has 6 rings (SSSR count). The van der Waals surface area contributed by atoms with Gasteiger partial charge in [-0.25, -0.2) is 0 Å². The van der Waals surface area contributed by atoms with E-state index in [1.807, 2.05) is 11.8 Å². The number of benzene rings is 3. The van der Waals surface area contributed by atoms with Crippen molar-refractivity contribution < 1.29 is 44.5 Å². The first-order valence-corrected chi connectivity index (χ1v) is 17.2. The summed E-state index contributed by atoms with van der Waals surface area (Å²) in [6.45, 7) is 0. The normalized spacial score (nSPS) is 17.3. The van der Waals surface area contributed by atoms with Gasteiger partial charge in [-0.15, -0.1) is 0 Å². The molecule has 0 saturated heterocycles. The Kier molecular flexibility index (Phi) is 6.76. The van der Waals surface area contributed by atoms with E-state index >= 15 is 0 Å². The summed E-state index contributed by atoms with van der Waals surface area (Å²) in [5.74, 6) is 0. The summed E-state index contributed by atoms with van der Waals surface area (Å²) in [6.07, 6.45) is 4.70. The second-order valence-electron chi connectivity index (χ2n) is 7.30. The molecule has 0 bridgehead atoms. The first-order chi connectivity index (χ1) is 13.7. The fraction of sp³-hybridized carbons (Fsp3) is 0.0833. The number of thioether (sulfide) groups is 1. The Morgan fingerprint density at radius 1 is 0.833 bits per heavy atom. The molecule has 148 valence electrons. The average Bonchev–Trinajstić information content (AvgIpc) is 3.35. The molecule has 6 heteroatoms. The summed E-state index contributed by atoms with van der Waals surface area (Å²) in [4.78, 5) is 1.39. The van der Waals surface area contributed by atoms with Crippen LogP contribution in [0, 0.1) is 0 Å². The number of allylic oxidation sites excluding steroid dienone is 1. The van der Waals surface area contributed by atoms with Crippen LogP contribution in [0.3, 0.4) is 0 Å². The van der Waals surface area contributed by atoms with Gasteiger partial charge in [0.1, 0.15) is 0 Å². The van der Waals surface area contributed by atoms with Crippen LogP contribution in [0.1, 0.15) is 25.9 Å². The van der Waals surface area contributed by atoms with Gasteiger partial charge in [-0.05, 0) is 0 Å². The molecule has 0 aromatic heterocycles. The zero-order chi connectivity index (χ0) is 18.8. The van der Waals surface area contributed by atoms with Gasteiger partial charge in [0.05, 0.1) is 0 Å². The Balaban J connectivity index is 0.00000109. The molecule has 0 N–H and O–H groups in total. The van der Waals surface area contributed by atoms with Gasteiger partial charge in [0, 0.05) is 0 Å². The second-order valence-corrected chi connectivity index (χ2v) is 17.2. The molecule has 0 amide bonds. The van der Waals surface area contributed by atoms with Crippen LogP contribution >= 0.6 is 36.5 Å². The van der Waals surface area contributed by atoms with E-state index < -0.39 is 19.7 Å². The van der Waals surface area contributed by atoms with Crippen molar-refractivity contribution in [1.29, 1.82) is 0 Å². The molecular formula is C24H15BrCl2S2Zr. The zero-order valence-electron chi connectivity index (χ0n) is 15.6. The molecule has 0 radical (unpaired) electrons. The minimum absolute atomic E-state index is 0. The van der Waals surface area contributed by atoms with Crippen LogP contribution in [0.25, 0.3) is 22.8 Å². The van der Waals surface area contributed by atoms with E-state index in [2.05, 4.69) is 94.8 Å². The van der Waals surface area contributed by atoms with Gasteiger partial charge in [-0.1, -0.05) is 0 Å². The van der Waals surface area contributed by atoms with E-state index in [0.29, 0.717) is 7.79 Å². The molecule has 1 unspecified atom stereocenters. The van der Waals surface area contributed by atoms with Gasteiger partial charge < -0.3 is 24.8 Å². The first kappa shape index (κ1) is 22.8. The van der Waals surface area contributed by atoms with E-state index in [1.54, 1.807) is 0 Å². The van der Waals surface area contributed by atoms with Crippen LogP contribution in [0.15, 0.2) is 77.7 Å². The molecule has 3 aromatic rings. The number of hydrogen-bond acceptors (Lipinski definition) is 2. The SMILES string of the molecule is [Cl-].[Cl-].[S]=[Zr+2]([c]1cccc2c1C1=CC(Br)SC1=C2)[CH]1c2ccccc2-c2ccccc21. The van der Waals surface area contributed by atoms with E-state index in [0.717, 1.165) is 0 Å². The van der Waals surface area contributed by atoms with Gasteiger partial charge in [-0.2, -0.15) is 0 Å². The maximum atomic E-state index is 6.47.